The predicted molar refractivity (Wildman–Crippen MR) is 107 cm³/mol. The minimum Gasteiger partial charge on any atom is -0.366 e. The molecule has 136 valence electrons. The monoisotopic (exact) mass is 368 g/mol. The lowest BCUT2D eigenvalue weighted by Gasteiger charge is -2.37. The molecule has 2 N–H and O–H groups in total. The fourth-order valence-electron chi connectivity index (χ4n) is 4.82. The number of rotatable bonds is 4. The van der Waals surface area contributed by atoms with Gasteiger partial charge in [0.1, 0.15) is 5.16 Å². The highest BCUT2D eigenvalue weighted by Gasteiger charge is 2.48. The van der Waals surface area contributed by atoms with Gasteiger partial charge in [0.25, 0.3) is 5.91 Å². The van der Waals surface area contributed by atoms with E-state index in [4.69, 9.17) is 17.3 Å². The number of fused-ring (bicyclic) bond motifs is 5. The van der Waals surface area contributed by atoms with Crippen molar-refractivity contribution in [3.05, 3.63) is 63.5 Å². The summed E-state index contributed by atoms with van der Waals surface area (Å²) in [5.74, 6) is 0.543. The summed E-state index contributed by atoms with van der Waals surface area (Å²) < 4.78 is 0. The van der Waals surface area contributed by atoms with E-state index in [1.54, 1.807) is 0 Å². The van der Waals surface area contributed by atoms with E-state index in [0.717, 1.165) is 65.4 Å². The summed E-state index contributed by atoms with van der Waals surface area (Å²) in [4.78, 5) is 14.6. The molecule has 3 aliphatic rings. The average molecular weight is 369 g/mol. The summed E-state index contributed by atoms with van der Waals surface area (Å²) in [6.45, 7) is 4.21. The Morgan fingerprint density at radius 3 is 2.62 bits per heavy atom. The fraction of sp³-hybridized carbons (Fsp3) is 0.409. The Labute approximate surface area is 160 Å². The largest absolute Gasteiger partial charge is 0.366 e. The standard InChI is InChI=1S/C22H25ClN2O/c1-3-4-8-17-20(22(24)26)18-14-10-11-15(12-14)19(18)21(23)25(17)16-9-6-5-7-13(16)2/h5-9,14-15H,3-4,10-12H2,1-2H3,(H2,24,26)/b17-8+. The number of primary amides is 1. The van der Waals surface area contributed by atoms with Gasteiger partial charge in [-0.1, -0.05) is 49.2 Å². The molecule has 1 aliphatic heterocycles. The number of nitrogens with two attached hydrogens (primary N) is 1. The zero-order valence-corrected chi connectivity index (χ0v) is 16.1. The van der Waals surface area contributed by atoms with E-state index in [-0.39, 0.29) is 5.91 Å². The van der Waals surface area contributed by atoms with Crippen molar-refractivity contribution in [2.24, 2.45) is 17.6 Å². The number of nitrogens with zero attached hydrogens (tertiary/aromatic N) is 1. The van der Waals surface area contributed by atoms with Crippen molar-refractivity contribution in [3.63, 3.8) is 0 Å². The number of para-hydroxylation sites is 1. The second-order valence-electron chi connectivity index (χ2n) is 7.56. The molecule has 0 aromatic heterocycles. The van der Waals surface area contributed by atoms with Gasteiger partial charge in [-0.3, -0.25) is 9.69 Å². The van der Waals surface area contributed by atoms with Crippen LogP contribution in [0.25, 0.3) is 0 Å². The van der Waals surface area contributed by atoms with Crippen LogP contribution in [0.1, 0.15) is 44.6 Å². The predicted octanol–water partition coefficient (Wildman–Crippen LogP) is 5.16. The van der Waals surface area contributed by atoms with Crippen LogP contribution in [-0.4, -0.2) is 5.91 Å². The van der Waals surface area contributed by atoms with Crippen LogP contribution in [0.5, 0.6) is 0 Å². The Morgan fingerprint density at radius 1 is 1.27 bits per heavy atom. The van der Waals surface area contributed by atoms with Crippen LogP contribution in [0.2, 0.25) is 0 Å². The molecule has 0 saturated heterocycles. The number of anilines is 1. The maximum absolute atomic E-state index is 12.5. The quantitative estimate of drug-likeness (QED) is 0.746. The van der Waals surface area contributed by atoms with E-state index < -0.39 is 0 Å². The molecule has 2 fully saturated rings. The van der Waals surface area contributed by atoms with Gasteiger partial charge in [-0.05, 0) is 67.2 Å². The van der Waals surface area contributed by atoms with Crippen molar-refractivity contribution >= 4 is 23.2 Å². The summed E-state index contributed by atoms with van der Waals surface area (Å²) in [5, 5.41) is 0.758. The molecule has 2 aliphatic carbocycles. The second-order valence-corrected chi connectivity index (χ2v) is 7.92. The Morgan fingerprint density at radius 2 is 1.96 bits per heavy atom. The smallest absolute Gasteiger partial charge is 0.251 e. The van der Waals surface area contributed by atoms with E-state index in [1.165, 1.54) is 0 Å². The van der Waals surface area contributed by atoms with Crippen molar-refractivity contribution in [2.45, 2.75) is 46.0 Å². The molecule has 1 amide bonds. The van der Waals surface area contributed by atoms with Gasteiger partial charge in [-0.25, -0.2) is 0 Å². The van der Waals surface area contributed by atoms with E-state index in [1.807, 2.05) is 12.1 Å². The third kappa shape index (κ3) is 2.52. The second kappa shape index (κ2) is 6.62. The first kappa shape index (κ1) is 17.4. The highest BCUT2D eigenvalue weighted by molar-refractivity contribution is 6.33. The maximum Gasteiger partial charge on any atom is 0.251 e. The number of hydrogen-bond donors (Lipinski definition) is 1. The first-order valence-electron chi connectivity index (χ1n) is 9.54. The molecule has 2 saturated carbocycles. The molecule has 0 spiro atoms. The Kier molecular flexibility index (Phi) is 4.44. The number of aryl methyl sites for hydroxylation is 1. The molecule has 4 heteroatoms. The lowest BCUT2D eigenvalue weighted by molar-refractivity contribution is -0.114. The molecule has 4 rings (SSSR count). The summed E-state index contributed by atoms with van der Waals surface area (Å²) in [6.07, 6.45) is 7.41. The van der Waals surface area contributed by atoms with Gasteiger partial charge in [-0.15, -0.1) is 0 Å². The number of benzene rings is 1. The molecule has 2 unspecified atom stereocenters. The van der Waals surface area contributed by atoms with Crippen molar-refractivity contribution in [2.75, 3.05) is 4.90 Å². The lowest BCUT2D eigenvalue weighted by atomic mass is 9.82. The molecule has 1 aromatic carbocycles. The summed E-state index contributed by atoms with van der Waals surface area (Å²) in [5.41, 5.74) is 11.9. The van der Waals surface area contributed by atoms with Crippen LogP contribution in [0.4, 0.5) is 5.69 Å². The maximum atomic E-state index is 12.5. The number of amides is 1. The molecule has 1 aromatic rings. The molecule has 0 radical (unpaired) electrons. The highest BCUT2D eigenvalue weighted by atomic mass is 35.5. The first-order valence-corrected chi connectivity index (χ1v) is 9.92. The Balaban J connectivity index is 1.98. The molecule has 1 heterocycles. The number of carbonyl (C=O) groups is 1. The third-order valence-corrected chi connectivity index (χ3v) is 6.33. The van der Waals surface area contributed by atoms with Crippen LogP contribution >= 0.6 is 11.6 Å². The van der Waals surface area contributed by atoms with Crippen molar-refractivity contribution in [1.82, 2.24) is 0 Å². The number of unbranched alkanes of at least 4 members (excludes halogenated alkanes) is 1. The van der Waals surface area contributed by atoms with Gasteiger partial charge in [0.15, 0.2) is 0 Å². The number of carbonyl (C=O) groups excluding carboxylic acids is 1. The van der Waals surface area contributed by atoms with Crippen LogP contribution in [0, 0.1) is 18.8 Å². The van der Waals surface area contributed by atoms with E-state index in [0.29, 0.717) is 17.4 Å². The SMILES string of the molecule is CCC/C=C1\C(C(N)=O)=C2C(=C(Cl)N1c1ccccc1C)C1CCC2C1. The van der Waals surface area contributed by atoms with Crippen molar-refractivity contribution in [1.29, 1.82) is 0 Å². The van der Waals surface area contributed by atoms with Gasteiger partial charge in [0, 0.05) is 5.69 Å². The minimum atomic E-state index is -0.338. The minimum absolute atomic E-state index is 0.338. The number of halogens is 1. The topological polar surface area (TPSA) is 46.3 Å². The van der Waals surface area contributed by atoms with E-state index in [2.05, 4.69) is 37.0 Å². The zero-order chi connectivity index (χ0) is 18.4. The van der Waals surface area contributed by atoms with Gasteiger partial charge in [0.2, 0.25) is 0 Å². The van der Waals surface area contributed by atoms with Crippen molar-refractivity contribution < 1.29 is 4.79 Å². The molecular weight excluding hydrogens is 344 g/mol. The van der Waals surface area contributed by atoms with Gasteiger partial charge >= 0.3 is 0 Å². The summed E-state index contributed by atoms with van der Waals surface area (Å²) in [6, 6.07) is 8.17. The highest BCUT2D eigenvalue weighted by Crippen LogP contribution is 2.58. The number of allylic oxidation sites excluding steroid dienone is 3. The van der Waals surface area contributed by atoms with Crippen molar-refractivity contribution in [3.8, 4) is 0 Å². The fourth-order valence-corrected chi connectivity index (χ4v) is 5.26. The van der Waals surface area contributed by atoms with Crippen LogP contribution in [0.3, 0.4) is 0 Å². The summed E-state index contributed by atoms with van der Waals surface area (Å²) in [7, 11) is 0. The van der Waals surface area contributed by atoms with Gasteiger partial charge in [0.05, 0.1) is 11.3 Å². The zero-order valence-electron chi connectivity index (χ0n) is 15.4. The van der Waals surface area contributed by atoms with E-state index >= 15 is 0 Å². The third-order valence-electron chi connectivity index (χ3n) is 5.95. The Bertz CT molecular complexity index is 865. The Hall–Kier alpha value is -2.00. The van der Waals surface area contributed by atoms with Crippen LogP contribution in [0.15, 0.2) is 57.9 Å². The van der Waals surface area contributed by atoms with Gasteiger partial charge < -0.3 is 5.73 Å². The molecule has 3 nitrogen and oxygen atoms in total. The van der Waals surface area contributed by atoms with Crippen LogP contribution < -0.4 is 10.6 Å². The first-order chi connectivity index (χ1) is 12.5. The lowest BCUT2D eigenvalue weighted by Crippen LogP contribution is -2.34. The van der Waals surface area contributed by atoms with Gasteiger partial charge in [-0.2, -0.15) is 0 Å². The van der Waals surface area contributed by atoms with E-state index in [9.17, 15) is 4.79 Å². The van der Waals surface area contributed by atoms with Crippen LogP contribution in [-0.2, 0) is 4.79 Å². The molecule has 2 atom stereocenters. The molecule has 2 bridgehead atoms. The number of hydrogen-bond acceptors (Lipinski definition) is 2. The summed E-state index contributed by atoms with van der Waals surface area (Å²) >= 11 is 7.01. The normalized spacial score (nSPS) is 26.1. The average Bonchev–Trinajstić information content (AvgIpc) is 3.22. The molecule has 26 heavy (non-hydrogen) atoms. The molecular formula is C22H25ClN2O.